The molecule has 1 aliphatic heterocycles. The Bertz CT molecular complexity index is 233. The number of carbonyl (C=O) groups excluding carboxylic acids is 1. The molecule has 0 aromatic rings. The zero-order chi connectivity index (χ0) is 10.8. The highest BCUT2D eigenvalue weighted by atomic mass is 16.3. The van der Waals surface area contributed by atoms with E-state index in [0.29, 0.717) is 5.92 Å². The average molecular weight is 212 g/mol. The first-order valence-electron chi connectivity index (χ1n) is 5.83. The molecule has 1 aliphatic carbocycles. The molecule has 2 rings (SSSR count). The normalized spacial score (nSPS) is 34.9. The molecule has 86 valence electrons. The predicted octanol–water partition coefficient (Wildman–Crippen LogP) is -0.0323. The van der Waals surface area contributed by atoms with Crippen LogP contribution in [0.5, 0.6) is 0 Å². The lowest BCUT2D eigenvalue weighted by atomic mass is 9.82. The van der Waals surface area contributed by atoms with E-state index in [1.807, 2.05) is 11.9 Å². The number of hydrogen-bond acceptors (Lipinski definition) is 3. The third kappa shape index (κ3) is 2.49. The topological polar surface area (TPSA) is 52.6 Å². The van der Waals surface area contributed by atoms with Gasteiger partial charge in [-0.2, -0.15) is 0 Å². The highest BCUT2D eigenvalue weighted by molar-refractivity contribution is 5.81. The van der Waals surface area contributed by atoms with E-state index in [9.17, 15) is 4.79 Å². The number of rotatable bonds is 3. The Kier molecular flexibility index (Phi) is 3.26. The number of amides is 1. The van der Waals surface area contributed by atoms with Crippen molar-refractivity contribution in [2.45, 2.75) is 37.8 Å². The summed E-state index contributed by atoms with van der Waals surface area (Å²) in [5, 5.41) is 12.4. The van der Waals surface area contributed by atoms with Crippen LogP contribution in [0.1, 0.15) is 25.7 Å². The van der Waals surface area contributed by atoms with Gasteiger partial charge in [0.1, 0.15) is 0 Å². The molecule has 0 unspecified atom stereocenters. The smallest absolute Gasteiger partial charge is 0.239 e. The van der Waals surface area contributed by atoms with Crippen molar-refractivity contribution < 1.29 is 9.90 Å². The average Bonchev–Trinajstić information content (AvgIpc) is 2.66. The minimum atomic E-state index is -0.122. The largest absolute Gasteiger partial charge is 0.393 e. The minimum Gasteiger partial charge on any atom is -0.393 e. The standard InChI is InChI=1S/C11H20N2O2/c1-13(7-8-5-9(14)6-8)11(15)10-3-2-4-12-10/h8-10,12,14H,2-7H2,1H3/t8?,9?,10-/m0/s1. The second-order valence-electron chi connectivity index (χ2n) is 4.86. The van der Waals surface area contributed by atoms with Gasteiger partial charge in [0.2, 0.25) is 5.91 Å². The SMILES string of the molecule is CN(CC1CC(O)C1)C(=O)[C@@H]1CCCN1. The Balaban J connectivity index is 1.74. The van der Waals surface area contributed by atoms with Crippen LogP contribution in [0.2, 0.25) is 0 Å². The van der Waals surface area contributed by atoms with E-state index in [-0.39, 0.29) is 18.1 Å². The van der Waals surface area contributed by atoms with Crippen molar-refractivity contribution in [2.75, 3.05) is 20.1 Å². The molecule has 0 bridgehead atoms. The number of aliphatic hydroxyl groups excluding tert-OH is 1. The van der Waals surface area contributed by atoms with Crippen molar-refractivity contribution in [3.8, 4) is 0 Å². The summed E-state index contributed by atoms with van der Waals surface area (Å²) < 4.78 is 0. The van der Waals surface area contributed by atoms with Crippen LogP contribution in [0.15, 0.2) is 0 Å². The summed E-state index contributed by atoms with van der Waals surface area (Å²) in [6, 6.07) is 0.0417. The van der Waals surface area contributed by atoms with Gasteiger partial charge in [0.15, 0.2) is 0 Å². The molecule has 1 heterocycles. The van der Waals surface area contributed by atoms with Crippen LogP contribution in [0, 0.1) is 5.92 Å². The van der Waals surface area contributed by atoms with Crippen LogP contribution < -0.4 is 5.32 Å². The van der Waals surface area contributed by atoms with E-state index in [4.69, 9.17) is 5.11 Å². The van der Waals surface area contributed by atoms with Crippen LogP contribution in [0.25, 0.3) is 0 Å². The van der Waals surface area contributed by atoms with Gasteiger partial charge in [0, 0.05) is 13.6 Å². The molecule has 1 saturated carbocycles. The van der Waals surface area contributed by atoms with Crippen LogP contribution in [-0.4, -0.2) is 48.2 Å². The number of carbonyl (C=O) groups is 1. The minimum absolute atomic E-state index is 0.0417. The number of likely N-dealkylation sites (N-methyl/N-ethyl adjacent to an activating group) is 1. The maximum atomic E-state index is 11.9. The van der Waals surface area contributed by atoms with Crippen LogP contribution >= 0.6 is 0 Å². The molecule has 1 atom stereocenters. The molecule has 4 heteroatoms. The Labute approximate surface area is 90.6 Å². The fraction of sp³-hybridized carbons (Fsp3) is 0.909. The zero-order valence-corrected chi connectivity index (χ0v) is 9.28. The molecule has 0 spiro atoms. The van der Waals surface area contributed by atoms with Crippen LogP contribution in [0.3, 0.4) is 0 Å². The first kappa shape index (κ1) is 10.9. The van der Waals surface area contributed by atoms with Crippen molar-refractivity contribution in [3.05, 3.63) is 0 Å². The molecule has 2 aliphatic rings. The first-order valence-corrected chi connectivity index (χ1v) is 5.83. The summed E-state index contributed by atoms with van der Waals surface area (Å²) in [5.41, 5.74) is 0. The van der Waals surface area contributed by atoms with Gasteiger partial charge in [-0.1, -0.05) is 0 Å². The van der Waals surface area contributed by atoms with E-state index < -0.39 is 0 Å². The summed E-state index contributed by atoms with van der Waals surface area (Å²) in [5.74, 6) is 0.726. The fourth-order valence-corrected chi connectivity index (χ4v) is 2.49. The highest BCUT2D eigenvalue weighted by Gasteiger charge is 2.31. The van der Waals surface area contributed by atoms with Gasteiger partial charge < -0.3 is 15.3 Å². The second kappa shape index (κ2) is 4.49. The Morgan fingerprint density at radius 3 is 2.80 bits per heavy atom. The Morgan fingerprint density at radius 1 is 1.53 bits per heavy atom. The van der Waals surface area contributed by atoms with E-state index in [1.165, 1.54) is 0 Å². The van der Waals surface area contributed by atoms with E-state index in [0.717, 1.165) is 38.8 Å². The van der Waals surface area contributed by atoms with Crippen molar-refractivity contribution in [1.29, 1.82) is 0 Å². The lowest BCUT2D eigenvalue weighted by molar-refractivity contribution is -0.133. The summed E-state index contributed by atoms with van der Waals surface area (Å²) in [6.07, 6.45) is 3.66. The Morgan fingerprint density at radius 2 is 2.27 bits per heavy atom. The van der Waals surface area contributed by atoms with Gasteiger partial charge in [-0.05, 0) is 38.1 Å². The molecular formula is C11H20N2O2. The van der Waals surface area contributed by atoms with Crippen molar-refractivity contribution in [2.24, 2.45) is 5.92 Å². The number of nitrogens with one attached hydrogen (secondary N) is 1. The van der Waals surface area contributed by atoms with Crippen LogP contribution in [-0.2, 0) is 4.79 Å². The summed E-state index contributed by atoms with van der Waals surface area (Å²) in [6.45, 7) is 1.76. The van der Waals surface area contributed by atoms with Crippen molar-refractivity contribution in [3.63, 3.8) is 0 Å². The molecule has 2 fully saturated rings. The van der Waals surface area contributed by atoms with E-state index in [2.05, 4.69) is 5.32 Å². The molecule has 15 heavy (non-hydrogen) atoms. The Hall–Kier alpha value is -0.610. The molecular weight excluding hydrogens is 192 g/mol. The lowest BCUT2D eigenvalue weighted by Crippen LogP contribution is -2.45. The predicted molar refractivity (Wildman–Crippen MR) is 57.4 cm³/mol. The summed E-state index contributed by atoms with van der Waals surface area (Å²) in [7, 11) is 1.87. The second-order valence-corrected chi connectivity index (χ2v) is 4.86. The molecule has 1 amide bonds. The molecule has 2 N–H and O–H groups in total. The third-order valence-electron chi connectivity index (χ3n) is 3.48. The molecule has 4 nitrogen and oxygen atoms in total. The number of hydrogen-bond donors (Lipinski definition) is 2. The van der Waals surface area contributed by atoms with Crippen molar-refractivity contribution in [1.82, 2.24) is 10.2 Å². The maximum absolute atomic E-state index is 11.9. The van der Waals surface area contributed by atoms with Crippen molar-refractivity contribution >= 4 is 5.91 Å². The lowest BCUT2D eigenvalue weighted by Gasteiger charge is -2.35. The number of aliphatic hydroxyl groups is 1. The quantitative estimate of drug-likeness (QED) is 0.690. The van der Waals surface area contributed by atoms with Crippen LogP contribution in [0.4, 0.5) is 0 Å². The first-order chi connectivity index (χ1) is 7.16. The maximum Gasteiger partial charge on any atom is 0.239 e. The fourth-order valence-electron chi connectivity index (χ4n) is 2.49. The summed E-state index contributed by atoms with van der Waals surface area (Å²) >= 11 is 0. The van der Waals surface area contributed by atoms with Gasteiger partial charge >= 0.3 is 0 Å². The molecule has 1 saturated heterocycles. The van der Waals surface area contributed by atoms with E-state index >= 15 is 0 Å². The van der Waals surface area contributed by atoms with Gasteiger partial charge in [-0.25, -0.2) is 0 Å². The van der Waals surface area contributed by atoms with Gasteiger partial charge in [0.25, 0.3) is 0 Å². The van der Waals surface area contributed by atoms with Gasteiger partial charge in [0.05, 0.1) is 12.1 Å². The third-order valence-corrected chi connectivity index (χ3v) is 3.48. The van der Waals surface area contributed by atoms with E-state index in [1.54, 1.807) is 0 Å². The van der Waals surface area contributed by atoms with Gasteiger partial charge in [-0.3, -0.25) is 4.79 Å². The summed E-state index contributed by atoms with van der Waals surface area (Å²) in [4.78, 5) is 13.7. The highest BCUT2D eigenvalue weighted by Crippen LogP contribution is 2.27. The van der Waals surface area contributed by atoms with Gasteiger partial charge in [-0.15, -0.1) is 0 Å². The monoisotopic (exact) mass is 212 g/mol. The molecule has 0 aromatic carbocycles. The molecule has 0 aromatic heterocycles. The molecule has 0 radical (unpaired) electrons. The zero-order valence-electron chi connectivity index (χ0n) is 9.28. The number of nitrogens with zero attached hydrogens (tertiary/aromatic N) is 1.